The molecule has 1 N–H and O–H groups in total. The lowest BCUT2D eigenvalue weighted by Gasteiger charge is -2.30. The molecule has 2 aliphatic rings. The Morgan fingerprint density at radius 3 is 2.14 bits per heavy atom. The van der Waals surface area contributed by atoms with Gasteiger partial charge in [0.15, 0.2) is 0 Å². The molecule has 0 atom stereocenters. The molecule has 0 radical (unpaired) electrons. The van der Waals surface area contributed by atoms with Crippen LogP contribution in [0.5, 0.6) is 0 Å². The Labute approximate surface area is 128 Å². The minimum Gasteiger partial charge on any atom is -0.353 e. The summed E-state index contributed by atoms with van der Waals surface area (Å²) in [6.45, 7) is 0. The largest absolute Gasteiger partial charge is 0.391 e. The number of carbonyl (C=O) groups is 1. The van der Waals surface area contributed by atoms with E-state index in [0.717, 1.165) is 6.26 Å². The molecule has 2 fully saturated rings. The number of hydrogen-bond donors (Lipinski definition) is 1. The molecule has 4 nitrogen and oxygen atoms in total. The third-order valence-corrected chi connectivity index (χ3v) is 5.75. The Kier molecular flexibility index (Phi) is 4.80. The van der Waals surface area contributed by atoms with Gasteiger partial charge >= 0.3 is 6.18 Å². The normalized spacial score (nSPS) is 28.2. The van der Waals surface area contributed by atoms with Crippen LogP contribution in [0.2, 0.25) is 0 Å². The average Bonchev–Trinajstić information content (AvgIpc) is 3.04. The van der Waals surface area contributed by atoms with Crippen molar-refractivity contribution in [2.24, 2.45) is 11.3 Å². The Bertz CT molecular complexity index is 518. The second kappa shape index (κ2) is 6.02. The topological polar surface area (TPSA) is 63.2 Å². The van der Waals surface area contributed by atoms with E-state index in [2.05, 4.69) is 5.32 Å². The molecule has 0 aliphatic heterocycles. The highest BCUT2D eigenvalue weighted by molar-refractivity contribution is 7.90. The first kappa shape index (κ1) is 17.6. The van der Waals surface area contributed by atoms with E-state index < -0.39 is 27.3 Å². The predicted molar refractivity (Wildman–Crippen MR) is 75.9 cm³/mol. The summed E-state index contributed by atoms with van der Waals surface area (Å²) in [5.74, 6) is -1.49. The standard InChI is InChI=1S/C14H22F3NO3S/c1-22(20,21)9-13(6-7-13)8-12(19)18-11-4-2-10(3-5-11)14(15,16)17/h10-11H,2-9H2,1H3,(H,18,19). The Morgan fingerprint density at radius 1 is 1.18 bits per heavy atom. The van der Waals surface area contributed by atoms with E-state index >= 15 is 0 Å². The van der Waals surface area contributed by atoms with Gasteiger partial charge < -0.3 is 5.32 Å². The van der Waals surface area contributed by atoms with Crippen LogP contribution in [-0.4, -0.2) is 38.6 Å². The highest BCUT2D eigenvalue weighted by Gasteiger charge is 2.47. The maximum absolute atomic E-state index is 12.6. The maximum atomic E-state index is 12.6. The zero-order valence-electron chi connectivity index (χ0n) is 12.6. The molecule has 0 heterocycles. The molecule has 2 rings (SSSR count). The average molecular weight is 341 g/mol. The molecular formula is C14H22F3NO3S. The summed E-state index contributed by atoms with van der Waals surface area (Å²) in [6.07, 6.45) is -0.663. The molecule has 0 aromatic heterocycles. The zero-order chi connectivity index (χ0) is 16.6. The van der Waals surface area contributed by atoms with Crippen molar-refractivity contribution in [2.75, 3.05) is 12.0 Å². The third kappa shape index (κ3) is 5.14. The van der Waals surface area contributed by atoms with E-state index in [-0.39, 0.29) is 37.0 Å². The molecule has 2 aliphatic carbocycles. The van der Waals surface area contributed by atoms with Gasteiger partial charge in [-0.15, -0.1) is 0 Å². The minimum absolute atomic E-state index is 0.00817. The number of sulfone groups is 1. The summed E-state index contributed by atoms with van der Waals surface area (Å²) in [5, 5.41) is 2.77. The number of rotatable bonds is 5. The van der Waals surface area contributed by atoms with Crippen molar-refractivity contribution in [3.63, 3.8) is 0 Å². The van der Waals surface area contributed by atoms with E-state index in [9.17, 15) is 26.4 Å². The van der Waals surface area contributed by atoms with Gasteiger partial charge in [-0.2, -0.15) is 13.2 Å². The number of hydrogen-bond acceptors (Lipinski definition) is 3. The smallest absolute Gasteiger partial charge is 0.353 e. The zero-order valence-corrected chi connectivity index (χ0v) is 13.4. The summed E-state index contributed by atoms with van der Waals surface area (Å²) < 4.78 is 60.4. The van der Waals surface area contributed by atoms with Gasteiger partial charge in [0.1, 0.15) is 9.84 Å². The number of halogens is 3. The van der Waals surface area contributed by atoms with Gasteiger partial charge in [-0.3, -0.25) is 4.79 Å². The van der Waals surface area contributed by atoms with Crippen molar-refractivity contribution in [2.45, 2.75) is 57.2 Å². The van der Waals surface area contributed by atoms with E-state index in [1.807, 2.05) is 0 Å². The molecule has 0 aromatic carbocycles. The lowest BCUT2D eigenvalue weighted by molar-refractivity contribution is -0.182. The minimum atomic E-state index is -4.15. The molecule has 1 amide bonds. The fourth-order valence-corrected chi connectivity index (χ4v) is 4.79. The van der Waals surface area contributed by atoms with Crippen molar-refractivity contribution < 1.29 is 26.4 Å². The Hall–Kier alpha value is -0.790. The molecular weight excluding hydrogens is 319 g/mol. The van der Waals surface area contributed by atoms with Gasteiger partial charge in [0.05, 0.1) is 11.7 Å². The summed E-state index contributed by atoms with van der Waals surface area (Å²) >= 11 is 0. The summed E-state index contributed by atoms with van der Waals surface area (Å²) in [6, 6.07) is -0.222. The quantitative estimate of drug-likeness (QED) is 0.835. The first-order chi connectivity index (χ1) is 9.99. The SMILES string of the molecule is CS(=O)(=O)CC1(CC(=O)NC2CCC(C(F)(F)F)CC2)CC1. The first-order valence-corrected chi connectivity index (χ1v) is 9.59. The first-order valence-electron chi connectivity index (χ1n) is 7.53. The Balaban J connectivity index is 1.77. The molecule has 0 saturated heterocycles. The van der Waals surface area contributed by atoms with Crippen LogP contribution in [0.4, 0.5) is 13.2 Å². The van der Waals surface area contributed by atoms with Crippen LogP contribution in [0.1, 0.15) is 44.9 Å². The van der Waals surface area contributed by atoms with Crippen LogP contribution in [0.15, 0.2) is 0 Å². The molecule has 2 saturated carbocycles. The van der Waals surface area contributed by atoms with Crippen molar-refractivity contribution in [1.82, 2.24) is 5.32 Å². The molecule has 0 aromatic rings. The van der Waals surface area contributed by atoms with Crippen molar-refractivity contribution in [3.05, 3.63) is 0 Å². The second-order valence-corrected chi connectivity index (χ2v) is 9.04. The van der Waals surface area contributed by atoms with E-state index in [4.69, 9.17) is 0 Å². The van der Waals surface area contributed by atoms with Crippen LogP contribution in [0.3, 0.4) is 0 Å². The van der Waals surface area contributed by atoms with E-state index in [1.165, 1.54) is 0 Å². The monoisotopic (exact) mass is 341 g/mol. The summed E-state index contributed by atoms with van der Waals surface area (Å²) in [4.78, 5) is 12.0. The molecule has 0 bridgehead atoms. The maximum Gasteiger partial charge on any atom is 0.391 e. The third-order valence-electron chi connectivity index (χ3n) is 4.62. The molecule has 8 heteroatoms. The van der Waals surface area contributed by atoms with Gasteiger partial charge in [-0.25, -0.2) is 8.42 Å². The molecule has 0 unspecified atom stereocenters. The van der Waals surface area contributed by atoms with Crippen molar-refractivity contribution in [1.29, 1.82) is 0 Å². The molecule has 128 valence electrons. The van der Waals surface area contributed by atoms with Crippen LogP contribution in [0, 0.1) is 11.3 Å². The van der Waals surface area contributed by atoms with Crippen molar-refractivity contribution >= 4 is 15.7 Å². The predicted octanol–water partition coefficient (Wildman–Crippen LogP) is 2.44. The van der Waals surface area contributed by atoms with Gasteiger partial charge in [0.25, 0.3) is 0 Å². The van der Waals surface area contributed by atoms with E-state index in [1.54, 1.807) is 0 Å². The highest BCUT2D eigenvalue weighted by Crippen LogP contribution is 2.49. The molecule has 22 heavy (non-hydrogen) atoms. The number of alkyl halides is 3. The lowest BCUT2D eigenvalue weighted by atomic mass is 9.85. The van der Waals surface area contributed by atoms with Crippen LogP contribution >= 0.6 is 0 Å². The molecule has 0 spiro atoms. The van der Waals surface area contributed by atoms with Gasteiger partial charge in [0, 0.05) is 18.7 Å². The Morgan fingerprint density at radius 2 is 1.73 bits per heavy atom. The van der Waals surface area contributed by atoms with Crippen LogP contribution in [0.25, 0.3) is 0 Å². The van der Waals surface area contributed by atoms with Crippen LogP contribution < -0.4 is 5.32 Å². The number of amides is 1. The number of nitrogens with one attached hydrogen (secondary N) is 1. The fraction of sp³-hybridized carbons (Fsp3) is 0.929. The second-order valence-electron chi connectivity index (χ2n) is 6.90. The summed E-state index contributed by atoms with van der Waals surface area (Å²) in [5.41, 5.74) is -0.444. The van der Waals surface area contributed by atoms with E-state index in [0.29, 0.717) is 25.7 Å². The van der Waals surface area contributed by atoms with Crippen LogP contribution in [-0.2, 0) is 14.6 Å². The number of carbonyl (C=O) groups excluding carboxylic acids is 1. The lowest BCUT2D eigenvalue weighted by Crippen LogP contribution is -2.41. The summed E-state index contributed by atoms with van der Waals surface area (Å²) in [7, 11) is -3.13. The highest BCUT2D eigenvalue weighted by atomic mass is 32.2. The fourth-order valence-electron chi connectivity index (χ4n) is 3.29. The van der Waals surface area contributed by atoms with Gasteiger partial charge in [-0.05, 0) is 43.9 Å². The van der Waals surface area contributed by atoms with Crippen molar-refractivity contribution in [3.8, 4) is 0 Å². The van der Waals surface area contributed by atoms with Gasteiger partial charge in [0.2, 0.25) is 5.91 Å². The van der Waals surface area contributed by atoms with Gasteiger partial charge in [-0.1, -0.05) is 0 Å².